The number of halogens is 1. The van der Waals surface area contributed by atoms with Crippen molar-refractivity contribution in [3.05, 3.63) is 11.1 Å². The Labute approximate surface area is 97.8 Å². The van der Waals surface area contributed by atoms with Gasteiger partial charge in [-0.15, -0.1) is 22.9 Å². The average molecular weight is 249 g/mol. The van der Waals surface area contributed by atoms with E-state index in [9.17, 15) is 4.79 Å². The quantitative estimate of drug-likeness (QED) is 0.748. The van der Waals surface area contributed by atoms with Crippen LogP contribution >= 0.6 is 22.9 Å². The van der Waals surface area contributed by atoms with Gasteiger partial charge in [-0.3, -0.25) is 9.69 Å². The first kappa shape index (κ1) is 12.4. The van der Waals surface area contributed by atoms with Gasteiger partial charge in [-0.05, 0) is 0 Å². The highest BCUT2D eigenvalue weighted by atomic mass is 35.5. The third-order valence-corrected chi connectivity index (χ3v) is 2.99. The monoisotopic (exact) mass is 248 g/mol. The molecule has 0 fully saturated rings. The molecule has 1 amide bonds. The summed E-state index contributed by atoms with van der Waals surface area (Å²) in [5.74, 6) is 0.328. The number of hydrogen-bond donors (Lipinski definition) is 0. The fraction of sp³-hybridized carbons (Fsp3) is 0.556. The Morgan fingerprint density at radius 3 is 2.93 bits per heavy atom. The first-order valence-corrected chi connectivity index (χ1v) is 5.88. The van der Waals surface area contributed by atoms with E-state index in [1.165, 1.54) is 18.3 Å². The molecule has 0 radical (unpaired) electrons. The van der Waals surface area contributed by atoms with Crippen LogP contribution in [-0.4, -0.2) is 31.2 Å². The Kier molecular flexibility index (Phi) is 5.01. The molecule has 1 aromatic rings. The number of hydrogen-bond acceptors (Lipinski definition) is 4. The second kappa shape index (κ2) is 6.05. The minimum atomic E-state index is -0.0393. The number of methoxy groups -OCH3 is 1. The van der Waals surface area contributed by atoms with Gasteiger partial charge in [0.05, 0.1) is 24.7 Å². The lowest BCUT2D eigenvalue weighted by Crippen LogP contribution is -2.31. The molecule has 0 aliphatic rings. The Hall–Kier alpha value is -0.650. The second-order valence-corrected chi connectivity index (χ2v) is 4.02. The van der Waals surface area contributed by atoms with E-state index in [1.54, 1.807) is 12.0 Å². The highest BCUT2D eigenvalue weighted by Crippen LogP contribution is 2.21. The molecule has 4 nitrogen and oxygen atoms in total. The number of rotatable bonds is 5. The van der Waals surface area contributed by atoms with Gasteiger partial charge in [0.1, 0.15) is 0 Å². The maximum absolute atomic E-state index is 11.4. The van der Waals surface area contributed by atoms with Crippen molar-refractivity contribution >= 4 is 34.0 Å². The van der Waals surface area contributed by atoms with Crippen molar-refractivity contribution in [2.24, 2.45) is 0 Å². The molecule has 0 aliphatic carbocycles. The predicted octanol–water partition coefficient (Wildman–Crippen LogP) is 1.88. The summed E-state index contributed by atoms with van der Waals surface area (Å²) in [6.07, 6.45) is 0. The smallest absolute Gasteiger partial charge is 0.225 e. The van der Waals surface area contributed by atoms with E-state index in [0.29, 0.717) is 24.2 Å². The number of anilines is 1. The summed E-state index contributed by atoms with van der Waals surface area (Å²) in [5.41, 5.74) is 0.792. The molecule has 0 saturated carbocycles. The standard InChI is InChI=1S/C9H13ClN2O2S/c1-7(13)12(3-4-14-2)9-11-8(5-10)6-15-9/h6H,3-5H2,1-2H3. The maximum atomic E-state index is 11.4. The fourth-order valence-electron chi connectivity index (χ4n) is 1.05. The lowest BCUT2D eigenvalue weighted by molar-refractivity contribution is -0.116. The topological polar surface area (TPSA) is 42.4 Å². The molecule has 0 spiro atoms. The molecular weight excluding hydrogens is 236 g/mol. The molecule has 15 heavy (non-hydrogen) atoms. The second-order valence-electron chi connectivity index (χ2n) is 2.92. The lowest BCUT2D eigenvalue weighted by Gasteiger charge is -2.16. The summed E-state index contributed by atoms with van der Waals surface area (Å²) in [6.45, 7) is 2.52. The Bertz CT molecular complexity index is 330. The van der Waals surface area contributed by atoms with E-state index >= 15 is 0 Å². The van der Waals surface area contributed by atoms with Crippen LogP contribution in [0.4, 0.5) is 5.13 Å². The highest BCUT2D eigenvalue weighted by molar-refractivity contribution is 7.14. The van der Waals surface area contributed by atoms with Gasteiger partial charge >= 0.3 is 0 Å². The molecule has 6 heteroatoms. The van der Waals surface area contributed by atoms with Gasteiger partial charge < -0.3 is 4.74 Å². The Morgan fingerprint density at radius 2 is 2.47 bits per heavy atom. The van der Waals surface area contributed by atoms with Crippen LogP contribution in [-0.2, 0) is 15.4 Å². The van der Waals surface area contributed by atoms with E-state index in [-0.39, 0.29) is 5.91 Å². The number of carbonyl (C=O) groups is 1. The fourth-order valence-corrected chi connectivity index (χ4v) is 2.17. The zero-order chi connectivity index (χ0) is 11.3. The number of nitrogens with zero attached hydrogens (tertiary/aromatic N) is 2. The summed E-state index contributed by atoms with van der Waals surface area (Å²) >= 11 is 7.06. The molecule has 0 saturated heterocycles. The van der Waals surface area contributed by atoms with Crippen molar-refractivity contribution in [1.29, 1.82) is 0 Å². The van der Waals surface area contributed by atoms with Crippen LogP contribution in [0.15, 0.2) is 5.38 Å². The number of aromatic nitrogens is 1. The van der Waals surface area contributed by atoms with Crippen molar-refractivity contribution in [3.8, 4) is 0 Å². The molecule has 0 bridgehead atoms. The maximum Gasteiger partial charge on any atom is 0.225 e. The van der Waals surface area contributed by atoms with Crippen molar-refractivity contribution < 1.29 is 9.53 Å². The van der Waals surface area contributed by atoms with E-state index < -0.39 is 0 Å². The first-order chi connectivity index (χ1) is 7.19. The third-order valence-electron chi connectivity index (χ3n) is 1.81. The zero-order valence-electron chi connectivity index (χ0n) is 8.70. The molecule has 1 aromatic heterocycles. The van der Waals surface area contributed by atoms with Crippen molar-refractivity contribution in [3.63, 3.8) is 0 Å². The summed E-state index contributed by atoms with van der Waals surface area (Å²) in [7, 11) is 1.60. The van der Waals surface area contributed by atoms with Crippen molar-refractivity contribution in [2.45, 2.75) is 12.8 Å². The normalized spacial score (nSPS) is 10.3. The van der Waals surface area contributed by atoms with Gasteiger partial charge in [0.2, 0.25) is 5.91 Å². The van der Waals surface area contributed by atoms with Gasteiger partial charge in [-0.2, -0.15) is 0 Å². The number of thiazole rings is 1. The minimum Gasteiger partial charge on any atom is -0.383 e. The van der Waals surface area contributed by atoms with Crippen LogP contribution in [0.5, 0.6) is 0 Å². The summed E-state index contributed by atoms with van der Waals surface area (Å²) in [5, 5.41) is 2.53. The van der Waals surface area contributed by atoms with E-state index in [0.717, 1.165) is 5.69 Å². The summed E-state index contributed by atoms with van der Waals surface area (Å²) < 4.78 is 4.93. The third kappa shape index (κ3) is 3.44. The largest absolute Gasteiger partial charge is 0.383 e. The van der Waals surface area contributed by atoms with Crippen molar-refractivity contribution in [2.75, 3.05) is 25.2 Å². The molecule has 0 aliphatic heterocycles. The molecule has 1 heterocycles. The Morgan fingerprint density at radius 1 is 1.73 bits per heavy atom. The zero-order valence-corrected chi connectivity index (χ0v) is 10.3. The molecule has 84 valence electrons. The molecule has 0 unspecified atom stereocenters. The lowest BCUT2D eigenvalue weighted by atomic mass is 10.5. The van der Waals surface area contributed by atoms with Gasteiger partial charge in [-0.1, -0.05) is 0 Å². The predicted molar refractivity (Wildman–Crippen MR) is 61.6 cm³/mol. The molecular formula is C9H13ClN2O2S. The summed E-state index contributed by atoms with van der Waals surface area (Å²) in [6, 6.07) is 0. The van der Waals surface area contributed by atoms with Gasteiger partial charge in [-0.25, -0.2) is 4.98 Å². The van der Waals surface area contributed by atoms with Crippen LogP contribution in [0.25, 0.3) is 0 Å². The van der Waals surface area contributed by atoms with Gasteiger partial charge in [0.15, 0.2) is 5.13 Å². The minimum absolute atomic E-state index is 0.0393. The number of ether oxygens (including phenoxy) is 1. The van der Waals surface area contributed by atoms with Gasteiger partial charge in [0.25, 0.3) is 0 Å². The van der Waals surface area contributed by atoms with Crippen molar-refractivity contribution in [1.82, 2.24) is 4.98 Å². The van der Waals surface area contributed by atoms with Crippen LogP contribution < -0.4 is 4.90 Å². The van der Waals surface area contributed by atoms with E-state index in [2.05, 4.69) is 4.98 Å². The van der Waals surface area contributed by atoms with Gasteiger partial charge in [0, 0.05) is 19.4 Å². The van der Waals surface area contributed by atoms with Crippen LogP contribution in [0.3, 0.4) is 0 Å². The van der Waals surface area contributed by atoms with Crippen LogP contribution in [0.2, 0.25) is 0 Å². The molecule has 0 N–H and O–H groups in total. The first-order valence-electron chi connectivity index (χ1n) is 4.46. The summed E-state index contributed by atoms with van der Waals surface area (Å²) in [4.78, 5) is 17.2. The SMILES string of the molecule is COCCN(C(C)=O)c1nc(CCl)cs1. The highest BCUT2D eigenvalue weighted by Gasteiger charge is 2.14. The van der Waals surface area contributed by atoms with E-state index in [1.807, 2.05) is 5.38 Å². The van der Waals surface area contributed by atoms with Crippen LogP contribution in [0, 0.1) is 0 Å². The average Bonchev–Trinajstić information content (AvgIpc) is 2.66. The Balaban J connectivity index is 2.74. The molecule has 0 atom stereocenters. The molecule has 1 rings (SSSR count). The number of amides is 1. The molecule has 0 aromatic carbocycles. The van der Waals surface area contributed by atoms with E-state index in [4.69, 9.17) is 16.3 Å². The van der Waals surface area contributed by atoms with Crippen LogP contribution in [0.1, 0.15) is 12.6 Å². The number of alkyl halides is 1. The number of carbonyl (C=O) groups excluding carboxylic acids is 1.